The van der Waals surface area contributed by atoms with Crippen LogP contribution in [0.1, 0.15) is 53.4 Å². The highest BCUT2D eigenvalue weighted by atomic mass is 16.4. The van der Waals surface area contributed by atoms with E-state index in [9.17, 15) is 19.2 Å². The molecular weight excluding hydrogens is 366 g/mol. The largest absolute Gasteiger partial charge is 0.480 e. The fourth-order valence-corrected chi connectivity index (χ4v) is 2.43. The normalized spacial score (nSPS) is 15.2. The van der Waals surface area contributed by atoms with E-state index in [1.54, 1.807) is 0 Å². The van der Waals surface area contributed by atoms with Crippen LogP contribution in [0.3, 0.4) is 0 Å². The molecule has 0 aromatic heterocycles. The van der Waals surface area contributed by atoms with Gasteiger partial charge >= 0.3 is 5.97 Å². The second-order valence-electron chi connectivity index (χ2n) is 7.38. The molecule has 28 heavy (non-hydrogen) atoms. The Morgan fingerprint density at radius 3 is 1.93 bits per heavy atom. The Morgan fingerprint density at radius 2 is 1.43 bits per heavy atom. The van der Waals surface area contributed by atoms with Gasteiger partial charge in [-0.25, -0.2) is 0 Å². The van der Waals surface area contributed by atoms with Crippen LogP contribution >= 0.6 is 0 Å². The highest BCUT2D eigenvalue weighted by Crippen LogP contribution is 2.06. The molecule has 0 bridgehead atoms. The number of nitrogens with one attached hydrogen (secondary N) is 3. The molecule has 0 aromatic carbocycles. The van der Waals surface area contributed by atoms with Crippen molar-refractivity contribution in [3.05, 3.63) is 0 Å². The summed E-state index contributed by atoms with van der Waals surface area (Å²) in [6, 6.07) is -3.64. The van der Waals surface area contributed by atoms with Crippen LogP contribution < -0.4 is 27.4 Å². The third-order valence-corrected chi connectivity index (χ3v) is 4.12. The number of aliphatic carboxylic acids is 1. The molecule has 0 rings (SSSR count). The second-order valence-corrected chi connectivity index (χ2v) is 7.38. The van der Waals surface area contributed by atoms with Crippen LogP contribution in [0.4, 0.5) is 0 Å². The fourth-order valence-electron chi connectivity index (χ4n) is 2.43. The van der Waals surface area contributed by atoms with Crippen molar-refractivity contribution in [3.63, 3.8) is 0 Å². The minimum Gasteiger partial charge on any atom is -0.480 e. The van der Waals surface area contributed by atoms with E-state index in [0.29, 0.717) is 32.2 Å². The molecule has 4 atom stereocenters. The Morgan fingerprint density at radius 1 is 0.857 bits per heavy atom. The molecule has 0 aromatic rings. The predicted octanol–water partition coefficient (Wildman–Crippen LogP) is -0.932. The van der Waals surface area contributed by atoms with Gasteiger partial charge in [-0.2, -0.15) is 0 Å². The molecule has 0 saturated carbocycles. The van der Waals surface area contributed by atoms with Crippen molar-refractivity contribution in [1.29, 1.82) is 0 Å². The Balaban J connectivity index is 4.93. The third-order valence-electron chi connectivity index (χ3n) is 4.12. The first kappa shape index (κ1) is 25.8. The van der Waals surface area contributed by atoms with E-state index in [0.717, 1.165) is 0 Å². The molecule has 0 spiro atoms. The van der Waals surface area contributed by atoms with Gasteiger partial charge in [-0.3, -0.25) is 19.2 Å². The molecule has 0 aliphatic rings. The summed E-state index contributed by atoms with van der Waals surface area (Å²) in [5.74, 6) is -2.55. The van der Waals surface area contributed by atoms with Gasteiger partial charge in [-0.15, -0.1) is 0 Å². The molecule has 8 N–H and O–H groups in total. The number of nitrogens with two attached hydrogens (primary N) is 2. The molecule has 0 aliphatic heterocycles. The molecule has 3 amide bonds. The van der Waals surface area contributed by atoms with E-state index in [2.05, 4.69) is 16.0 Å². The quantitative estimate of drug-likeness (QED) is 0.216. The Hall–Kier alpha value is -2.20. The zero-order valence-corrected chi connectivity index (χ0v) is 17.2. The highest BCUT2D eigenvalue weighted by Gasteiger charge is 2.27. The van der Waals surface area contributed by atoms with Gasteiger partial charge in [0.15, 0.2) is 0 Å². The van der Waals surface area contributed by atoms with Crippen LogP contribution in [0.5, 0.6) is 0 Å². The first-order valence-electron chi connectivity index (χ1n) is 9.59. The van der Waals surface area contributed by atoms with Crippen molar-refractivity contribution in [1.82, 2.24) is 16.0 Å². The number of carbonyl (C=O) groups excluding carboxylic acids is 3. The lowest BCUT2D eigenvalue weighted by atomic mass is 10.0. The average molecular weight is 402 g/mol. The number of carboxylic acids is 1. The summed E-state index contributed by atoms with van der Waals surface area (Å²) in [5, 5.41) is 16.3. The lowest BCUT2D eigenvalue weighted by molar-refractivity contribution is -0.141. The molecule has 0 radical (unpaired) electrons. The Bertz CT molecular complexity index is 540. The maximum absolute atomic E-state index is 12.6. The minimum atomic E-state index is -1.18. The predicted molar refractivity (Wildman–Crippen MR) is 105 cm³/mol. The maximum Gasteiger partial charge on any atom is 0.325 e. The van der Waals surface area contributed by atoms with Crippen LogP contribution in [0.25, 0.3) is 0 Å². The van der Waals surface area contributed by atoms with E-state index >= 15 is 0 Å². The highest BCUT2D eigenvalue weighted by molar-refractivity contribution is 5.93. The van der Waals surface area contributed by atoms with Gasteiger partial charge in [-0.05, 0) is 52.0 Å². The standard InChI is InChI=1S/C18H35N5O5/c1-10(2)9-13(20)16(25)23-14(7-5-6-8-19)17(26)21-11(3)15(24)22-12(4)18(27)28/h10-14H,5-9,19-20H2,1-4H3,(H,21,26)(H,22,24)(H,23,25)(H,27,28). The van der Waals surface area contributed by atoms with Crippen LogP contribution in [0, 0.1) is 5.92 Å². The number of carbonyl (C=O) groups is 4. The van der Waals surface area contributed by atoms with E-state index in [-0.39, 0.29) is 5.92 Å². The summed E-state index contributed by atoms with van der Waals surface area (Å²) in [6.45, 7) is 7.10. The Labute approximate surface area is 166 Å². The number of unbranched alkanes of at least 4 members (excludes halogenated alkanes) is 1. The number of rotatable bonds is 13. The van der Waals surface area contributed by atoms with Gasteiger partial charge in [0.25, 0.3) is 0 Å². The smallest absolute Gasteiger partial charge is 0.325 e. The summed E-state index contributed by atoms with van der Waals surface area (Å²) >= 11 is 0. The molecule has 0 heterocycles. The van der Waals surface area contributed by atoms with Gasteiger partial charge in [0.05, 0.1) is 6.04 Å². The molecule has 0 aliphatic carbocycles. The van der Waals surface area contributed by atoms with Crippen molar-refractivity contribution in [2.24, 2.45) is 17.4 Å². The van der Waals surface area contributed by atoms with E-state index in [1.807, 2.05) is 13.8 Å². The van der Waals surface area contributed by atoms with Crippen LogP contribution in [-0.2, 0) is 19.2 Å². The molecular formula is C18H35N5O5. The summed E-state index contributed by atoms with van der Waals surface area (Å²) in [4.78, 5) is 47.7. The van der Waals surface area contributed by atoms with Gasteiger partial charge < -0.3 is 32.5 Å². The minimum absolute atomic E-state index is 0.227. The number of hydrogen-bond acceptors (Lipinski definition) is 6. The maximum atomic E-state index is 12.6. The van der Waals surface area contributed by atoms with Gasteiger partial charge in [-0.1, -0.05) is 13.8 Å². The van der Waals surface area contributed by atoms with E-state index < -0.39 is 47.9 Å². The van der Waals surface area contributed by atoms with Gasteiger partial charge in [0.1, 0.15) is 18.1 Å². The van der Waals surface area contributed by atoms with Crippen molar-refractivity contribution in [3.8, 4) is 0 Å². The number of carboxylic acid groups (broad SMARTS) is 1. The number of hydrogen-bond donors (Lipinski definition) is 6. The summed E-state index contributed by atoms with van der Waals surface area (Å²) in [5.41, 5.74) is 11.3. The summed E-state index contributed by atoms with van der Waals surface area (Å²) in [6.07, 6.45) is 2.13. The van der Waals surface area contributed by atoms with Crippen molar-refractivity contribution < 1.29 is 24.3 Å². The Kier molecular flexibility index (Phi) is 12.0. The van der Waals surface area contributed by atoms with Gasteiger partial charge in [0.2, 0.25) is 17.7 Å². The summed E-state index contributed by atoms with van der Waals surface area (Å²) < 4.78 is 0. The van der Waals surface area contributed by atoms with Crippen LogP contribution in [0.2, 0.25) is 0 Å². The summed E-state index contributed by atoms with van der Waals surface area (Å²) in [7, 11) is 0. The van der Waals surface area contributed by atoms with E-state index in [1.165, 1.54) is 13.8 Å². The third kappa shape index (κ3) is 10.2. The van der Waals surface area contributed by atoms with Crippen molar-refractivity contribution in [2.75, 3.05) is 6.54 Å². The first-order chi connectivity index (χ1) is 13.0. The lowest BCUT2D eigenvalue weighted by Crippen LogP contribution is -2.56. The molecule has 0 saturated heterocycles. The average Bonchev–Trinajstić information content (AvgIpc) is 2.59. The van der Waals surface area contributed by atoms with Crippen LogP contribution in [0.15, 0.2) is 0 Å². The molecule has 10 nitrogen and oxygen atoms in total. The molecule has 162 valence electrons. The van der Waals surface area contributed by atoms with Crippen LogP contribution in [-0.4, -0.2) is 59.5 Å². The van der Waals surface area contributed by atoms with Gasteiger partial charge in [0, 0.05) is 0 Å². The lowest BCUT2D eigenvalue weighted by Gasteiger charge is -2.23. The molecule has 4 unspecified atom stereocenters. The SMILES string of the molecule is CC(C)CC(N)C(=O)NC(CCCCN)C(=O)NC(C)C(=O)NC(C)C(=O)O. The fraction of sp³-hybridized carbons (Fsp3) is 0.778. The topological polar surface area (TPSA) is 177 Å². The number of amides is 3. The zero-order chi connectivity index (χ0) is 21.9. The molecule has 10 heteroatoms. The zero-order valence-electron chi connectivity index (χ0n) is 17.2. The van der Waals surface area contributed by atoms with Crippen molar-refractivity contribution >= 4 is 23.7 Å². The first-order valence-corrected chi connectivity index (χ1v) is 9.59. The molecule has 0 fully saturated rings. The second kappa shape index (κ2) is 13.1. The monoisotopic (exact) mass is 401 g/mol. The van der Waals surface area contributed by atoms with E-state index in [4.69, 9.17) is 16.6 Å². The van der Waals surface area contributed by atoms with Crippen molar-refractivity contribution in [2.45, 2.75) is 77.5 Å².